The Bertz CT molecular complexity index is 708. The molecule has 2 amide bonds. The molecule has 2 aliphatic rings. The zero-order valence-corrected chi connectivity index (χ0v) is 19.6. The fourth-order valence-corrected chi connectivity index (χ4v) is 5.71. The van der Waals surface area contributed by atoms with Gasteiger partial charge in [0.15, 0.2) is 0 Å². The largest absolute Gasteiger partial charge is 0.378 e. The number of nitrogens with zero attached hydrogens (tertiary/aromatic N) is 1. The first kappa shape index (κ1) is 23.3. The molecule has 0 aromatic carbocycles. The summed E-state index contributed by atoms with van der Waals surface area (Å²) in [6.45, 7) is 6.53. The molecule has 1 aliphatic heterocycles. The molecule has 0 unspecified atom stereocenters. The van der Waals surface area contributed by atoms with E-state index in [-0.39, 0.29) is 11.8 Å². The summed E-state index contributed by atoms with van der Waals surface area (Å²) in [5.74, 6) is 0.380. The first-order chi connectivity index (χ1) is 14.6. The van der Waals surface area contributed by atoms with Crippen molar-refractivity contribution >= 4 is 28.2 Å². The average Bonchev–Trinajstić information content (AvgIpc) is 3.04. The molecule has 6 heteroatoms. The van der Waals surface area contributed by atoms with Gasteiger partial charge in [-0.15, -0.1) is 11.3 Å². The highest BCUT2D eigenvalue weighted by atomic mass is 32.1. The monoisotopic (exact) mass is 434 g/mol. The summed E-state index contributed by atoms with van der Waals surface area (Å²) in [7, 11) is 0. The van der Waals surface area contributed by atoms with E-state index in [4.69, 9.17) is 4.74 Å². The van der Waals surface area contributed by atoms with Crippen molar-refractivity contribution in [2.24, 2.45) is 5.92 Å². The normalized spacial score (nSPS) is 19.0. The lowest BCUT2D eigenvalue weighted by Crippen LogP contribution is -2.41. The van der Waals surface area contributed by atoms with Crippen molar-refractivity contribution in [2.45, 2.75) is 84.5 Å². The van der Waals surface area contributed by atoms with Crippen LogP contribution < -0.4 is 5.32 Å². The Hall–Kier alpha value is -1.40. The second-order valence-corrected chi connectivity index (χ2v) is 10.2. The molecule has 1 fully saturated rings. The number of thiophene rings is 1. The molecule has 2 heterocycles. The first-order valence-corrected chi connectivity index (χ1v) is 12.7. The quantitative estimate of drug-likeness (QED) is 0.688. The minimum Gasteiger partial charge on any atom is -0.378 e. The minimum absolute atomic E-state index is 0.0123. The number of rotatable bonds is 4. The Kier molecular flexibility index (Phi) is 9.19. The predicted molar refractivity (Wildman–Crippen MR) is 123 cm³/mol. The first-order valence-electron chi connectivity index (χ1n) is 11.9. The summed E-state index contributed by atoms with van der Waals surface area (Å²) < 4.78 is 5.45. The van der Waals surface area contributed by atoms with E-state index >= 15 is 0 Å². The van der Waals surface area contributed by atoms with Crippen LogP contribution >= 0.6 is 11.3 Å². The number of hydrogen-bond acceptors (Lipinski definition) is 4. The molecule has 0 bridgehead atoms. The third kappa shape index (κ3) is 6.55. The van der Waals surface area contributed by atoms with Gasteiger partial charge in [0.2, 0.25) is 5.91 Å². The third-order valence-corrected chi connectivity index (χ3v) is 7.24. The third-order valence-electron chi connectivity index (χ3n) is 6.03. The van der Waals surface area contributed by atoms with E-state index < -0.39 is 0 Å². The van der Waals surface area contributed by atoms with Crippen molar-refractivity contribution in [1.82, 2.24) is 4.90 Å². The SMILES string of the molecule is CC(C)CC(=O)Nc1sc2c(c1C(=O)N1CCOCC1)CCCCCCCCCC2. The summed E-state index contributed by atoms with van der Waals surface area (Å²) in [4.78, 5) is 29.3. The molecule has 1 saturated heterocycles. The van der Waals surface area contributed by atoms with Crippen LogP contribution in [-0.4, -0.2) is 43.0 Å². The number of aryl methyl sites for hydroxylation is 1. The van der Waals surface area contributed by atoms with Gasteiger partial charge in [0.1, 0.15) is 5.00 Å². The van der Waals surface area contributed by atoms with Crippen LogP contribution in [0.2, 0.25) is 0 Å². The fraction of sp³-hybridized carbons (Fsp3) is 0.750. The molecule has 0 atom stereocenters. The van der Waals surface area contributed by atoms with Crippen molar-refractivity contribution in [3.05, 3.63) is 16.0 Å². The summed E-state index contributed by atoms with van der Waals surface area (Å²) >= 11 is 1.65. The summed E-state index contributed by atoms with van der Waals surface area (Å²) in [6, 6.07) is 0. The average molecular weight is 435 g/mol. The van der Waals surface area contributed by atoms with Crippen LogP contribution in [0.4, 0.5) is 5.00 Å². The van der Waals surface area contributed by atoms with Gasteiger partial charge < -0.3 is 15.0 Å². The lowest BCUT2D eigenvalue weighted by molar-refractivity contribution is -0.116. The number of hydrogen-bond donors (Lipinski definition) is 1. The fourth-order valence-electron chi connectivity index (χ4n) is 4.41. The highest BCUT2D eigenvalue weighted by Crippen LogP contribution is 2.37. The van der Waals surface area contributed by atoms with Crippen LogP contribution in [-0.2, 0) is 22.4 Å². The van der Waals surface area contributed by atoms with Crippen LogP contribution in [0.25, 0.3) is 0 Å². The number of nitrogens with one attached hydrogen (secondary N) is 1. The number of ether oxygens (including phenoxy) is 1. The molecule has 3 rings (SSSR count). The van der Waals surface area contributed by atoms with E-state index in [0.717, 1.165) is 36.2 Å². The van der Waals surface area contributed by atoms with E-state index in [9.17, 15) is 9.59 Å². The van der Waals surface area contributed by atoms with Crippen molar-refractivity contribution < 1.29 is 14.3 Å². The van der Waals surface area contributed by atoms with Crippen LogP contribution in [0.3, 0.4) is 0 Å². The summed E-state index contributed by atoms with van der Waals surface area (Å²) in [6.07, 6.45) is 12.4. The van der Waals surface area contributed by atoms with E-state index in [1.54, 1.807) is 11.3 Å². The number of carbonyl (C=O) groups is 2. The van der Waals surface area contributed by atoms with Gasteiger partial charge in [-0.3, -0.25) is 9.59 Å². The molecule has 1 aliphatic carbocycles. The lowest BCUT2D eigenvalue weighted by Gasteiger charge is -2.27. The van der Waals surface area contributed by atoms with Crippen molar-refractivity contribution in [3.8, 4) is 0 Å². The topological polar surface area (TPSA) is 58.6 Å². The van der Waals surface area contributed by atoms with E-state index in [1.165, 1.54) is 49.0 Å². The molecule has 1 aromatic rings. The molecule has 0 radical (unpaired) electrons. The number of carbonyl (C=O) groups excluding carboxylic acids is 2. The molecule has 30 heavy (non-hydrogen) atoms. The second kappa shape index (κ2) is 11.8. The zero-order chi connectivity index (χ0) is 21.3. The Morgan fingerprint density at radius 2 is 1.57 bits per heavy atom. The van der Waals surface area contributed by atoms with Gasteiger partial charge in [0.25, 0.3) is 5.91 Å². The molecule has 0 saturated carbocycles. The van der Waals surface area contributed by atoms with Gasteiger partial charge in [0.05, 0.1) is 18.8 Å². The Morgan fingerprint density at radius 3 is 2.20 bits per heavy atom. The Labute approximate surface area is 185 Å². The number of anilines is 1. The summed E-state index contributed by atoms with van der Waals surface area (Å²) in [5, 5.41) is 3.89. The summed E-state index contributed by atoms with van der Waals surface area (Å²) in [5.41, 5.74) is 1.97. The number of fused-ring (bicyclic) bond motifs is 1. The van der Waals surface area contributed by atoms with Crippen LogP contribution in [0.5, 0.6) is 0 Å². The van der Waals surface area contributed by atoms with Crippen LogP contribution in [0, 0.1) is 5.92 Å². The molecular weight excluding hydrogens is 396 g/mol. The standard InChI is InChI=1S/C24H38N2O3S/c1-18(2)17-21(27)25-23-22(24(28)26-13-15-29-16-14-26)19-11-9-7-5-3-4-6-8-10-12-20(19)30-23/h18H,3-17H2,1-2H3,(H,25,27). The highest BCUT2D eigenvalue weighted by molar-refractivity contribution is 7.17. The lowest BCUT2D eigenvalue weighted by atomic mass is 9.97. The molecular formula is C24H38N2O3S. The maximum Gasteiger partial charge on any atom is 0.257 e. The van der Waals surface area contributed by atoms with Crippen molar-refractivity contribution in [1.29, 1.82) is 0 Å². The van der Waals surface area contributed by atoms with E-state index in [1.807, 2.05) is 18.7 Å². The van der Waals surface area contributed by atoms with Gasteiger partial charge in [-0.2, -0.15) is 0 Å². The highest BCUT2D eigenvalue weighted by Gasteiger charge is 2.29. The molecule has 1 N–H and O–H groups in total. The van der Waals surface area contributed by atoms with Gasteiger partial charge in [-0.05, 0) is 37.2 Å². The maximum atomic E-state index is 13.6. The van der Waals surface area contributed by atoms with Gasteiger partial charge in [0, 0.05) is 24.4 Å². The van der Waals surface area contributed by atoms with Crippen molar-refractivity contribution in [3.63, 3.8) is 0 Å². The second-order valence-electron chi connectivity index (χ2n) is 9.09. The van der Waals surface area contributed by atoms with Crippen LogP contribution in [0.1, 0.15) is 92.4 Å². The molecule has 0 spiro atoms. The zero-order valence-electron chi connectivity index (χ0n) is 18.8. The smallest absolute Gasteiger partial charge is 0.257 e. The van der Waals surface area contributed by atoms with Gasteiger partial charge in [-0.25, -0.2) is 0 Å². The van der Waals surface area contributed by atoms with Gasteiger partial charge >= 0.3 is 0 Å². The van der Waals surface area contributed by atoms with Crippen LogP contribution in [0.15, 0.2) is 0 Å². The molecule has 168 valence electrons. The van der Waals surface area contributed by atoms with E-state index in [2.05, 4.69) is 5.32 Å². The minimum atomic E-state index is 0.0123. The van der Waals surface area contributed by atoms with E-state index in [0.29, 0.717) is 38.6 Å². The Morgan fingerprint density at radius 1 is 0.967 bits per heavy atom. The molecule has 1 aromatic heterocycles. The number of amides is 2. The maximum absolute atomic E-state index is 13.6. The molecule has 5 nitrogen and oxygen atoms in total. The van der Waals surface area contributed by atoms with Gasteiger partial charge in [-0.1, -0.05) is 52.4 Å². The Balaban J connectivity index is 1.91. The van der Waals surface area contributed by atoms with Crippen molar-refractivity contribution in [2.75, 3.05) is 31.6 Å². The predicted octanol–water partition coefficient (Wildman–Crippen LogP) is 5.42. The number of morpholine rings is 1.